The number of nitrogens with zero attached hydrogens (tertiary/aromatic N) is 9. The highest BCUT2D eigenvalue weighted by Crippen LogP contribution is 2.44. The van der Waals surface area contributed by atoms with Crippen molar-refractivity contribution >= 4 is 64.8 Å². The number of aromatic hydroxyl groups is 1. The summed E-state index contributed by atoms with van der Waals surface area (Å²) in [6.45, 7) is 30.5. The molecule has 4 aliphatic rings. The molecule has 4 aromatic heterocycles. The average Bonchev–Trinajstić information content (AvgIpc) is 0.911. The topological polar surface area (TPSA) is 222 Å². The minimum Gasteiger partial charge on any atom is -0.508 e. The predicted octanol–water partition coefficient (Wildman–Crippen LogP) is 13.0. The lowest BCUT2D eigenvalue weighted by Crippen LogP contribution is -2.57. The maximum Gasteiger partial charge on any atom is 0.410 e. The van der Waals surface area contributed by atoms with E-state index >= 15 is 4.39 Å². The second kappa shape index (κ2) is 27.9. The fourth-order valence-electron chi connectivity index (χ4n) is 15.0. The van der Waals surface area contributed by atoms with E-state index in [2.05, 4.69) is 78.3 Å². The van der Waals surface area contributed by atoms with E-state index in [4.69, 9.17) is 33.7 Å². The molecular formula is C72H91FN10O9SSi. The van der Waals surface area contributed by atoms with Crippen LogP contribution in [0.1, 0.15) is 150 Å². The Morgan fingerprint density at radius 3 is 2.23 bits per heavy atom. The Labute approximate surface area is 556 Å². The lowest BCUT2D eigenvalue weighted by molar-refractivity contribution is -0.141. The number of hydrogen-bond acceptors (Lipinski definition) is 17. The van der Waals surface area contributed by atoms with Crippen molar-refractivity contribution in [3.63, 3.8) is 0 Å². The zero-order valence-corrected chi connectivity index (χ0v) is 58.4. The summed E-state index contributed by atoms with van der Waals surface area (Å²) in [5.74, 6) is 2.48. The van der Waals surface area contributed by atoms with Crippen LogP contribution in [-0.2, 0) is 14.3 Å². The van der Waals surface area contributed by atoms with Crippen LogP contribution in [0.5, 0.6) is 17.6 Å². The SMILES string of the molecule is Cc1ncsc1-c1ccc([C@H](C)NC(=O)[C@@H]2C[C@@H](O)CN2C(=O)[C@@H](c2cc(OCC3CCN(CCOc4nc(N5CC6CCC(C5)N6C(=O)OC(C)(C)C)c5cnc(-c6cc(O)cc7cccc(C#C[Si](C(C)C)(C(C)C)C(C)C)c67)c(F)c5n4)CC3)no2)C(C)C)cc1. The van der Waals surface area contributed by atoms with Crippen LogP contribution in [0.4, 0.5) is 15.0 Å². The number of amides is 3. The summed E-state index contributed by atoms with van der Waals surface area (Å²) >= 11 is 1.58. The molecule has 0 spiro atoms. The highest BCUT2D eigenvalue weighted by atomic mass is 32.1. The average molecular weight is 1320 g/mol. The van der Waals surface area contributed by atoms with Crippen LogP contribution in [0, 0.1) is 36.0 Å². The lowest BCUT2D eigenvalue weighted by Gasteiger charge is -2.42. The Kier molecular flexibility index (Phi) is 20.1. The van der Waals surface area contributed by atoms with Gasteiger partial charge in [0.1, 0.15) is 55.0 Å². The third kappa shape index (κ3) is 14.1. The minimum absolute atomic E-state index is 0.0102. The van der Waals surface area contributed by atoms with Crippen molar-refractivity contribution in [2.75, 3.05) is 57.4 Å². The monoisotopic (exact) mass is 1320 g/mol. The predicted molar refractivity (Wildman–Crippen MR) is 366 cm³/mol. The van der Waals surface area contributed by atoms with Crippen LogP contribution in [0.25, 0.3) is 43.4 Å². The summed E-state index contributed by atoms with van der Waals surface area (Å²) in [4.78, 5) is 69.8. The molecular weight excluding hydrogens is 1230 g/mol. The molecule has 6 atom stereocenters. The summed E-state index contributed by atoms with van der Waals surface area (Å²) in [5.41, 5.74) is 10.3. The first kappa shape index (κ1) is 67.7. The van der Waals surface area contributed by atoms with Gasteiger partial charge in [0.05, 0.1) is 52.3 Å². The highest BCUT2D eigenvalue weighted by molar-refractivity contribution is 7.13. The van der Waals surface area contributed by atoms with Gasteiger partial charge in [0, 0.05) is 61.4 Å². The molecule has 22 heteroatoms. The van der Waals surface area contributed by atoms with E-state index in [1.165, 1.54) is 4.90 Å². The van der Waals surface area contributed by atoms with Gasteiger partial charge in [-0.3, -0.25) is 24.4 Å². The van der Waals surface area contributed by atoms with Crippen LogP contribution >= 0.6 is 11.3 Å². The lowest BCUT2D eigenvalue weighted by atomic mass is 9.91. The number of phenols is 1. The number of pyridine rings is 1. The molecule has 8 heterocycles. The van der Waals surface area contributed by atoms with Gasteiger partial charge in [-0.15, -0.1) is 16.9 Å². The third-order valence-electron chi connectivity index (χ3n) is 19.7. The van der Waals surface area contributed by atoms with Gasteiger partial charge in [-0.25, -0.2) is 14.2 Å². The first-order chi connectivity index (χ1) is 44.8. The molecule has 0 saturated carbocycles. The number of aryl methyl sites for hydroxylation is 1. The normalized spacial score (nSPS) is 19.6. The fraction of sp³-hybridized carbons (Fsp3) is 0.528. The number of anilines is 1. The van der Waals surface area contributed by atoms with E-state index in [1.54, 1.807) is 35.7 Å². The minimum atomic E-state index is -2.18. The molecule has 7 aromatic rings. The number of halogens is 1. The van der Waals surface area contributed by atoms with E-state index in [-0.39, 0.29) is 96.3 Å². The van der Waals surface area contributed by atoms with Crippen LogP contribution in [-0.4, -0.2) is 158 Å². The van der Waals surface area contributed by atoms with Gasteiger partial charge in [0.15, 0.2) is 11.6 Å². The van der Waals surface area contributed by atoms with Crippen molar-refractivity contribution < 1.29 is 47.7 Å². The number of thiazole rings is 1. The van der Waals surface area contributed by atoms with E-state index in [9.17, 15) is 24.6 Å². The maximum absolute atomic E-state index is 17.9. The standard InChI is InChI=1S/C72H91FN10O9SSi/c1-41(2)61(69(87)82-38-55(85)33-58(82)68(86)76-45(9)48-17-19-50(20-18-48)66-46(10)75-40-93-66)59-34-60(79-92-59)90-39-47-23-26-80(27-24-47)28-29-89-70-77-65-57(67(78-70)81-36-52-21-22-53(37-81)83(52)71(88)91-72(11,12)13)35-74-64(63(65)73)56-32-54(84)31-51-16-14-15-49(62(51)56)25-30-94(42(3)4,43(5)6)44(7)8/h14-20,31-32,34-35,40-45,47,52-53,55,58,61,84-85H,21-24,26-29,33,36-39H2,1-13H3,(H,76,86)/t45-,52?,53?,55+,58-,61+/m0/s1. The number of β-amino-alcohol motifs (C(OH)–C–C–N with tert-alkyl or cyclic N) is 1. The number of likely N-dealkylation sites (tertiary alicyclic amines) is 2. The smallest absolute Gasteiger partial charge is 0.410 e. The third-order valence-corrected chi connectivity index (χ3v) is 27.0. The Morgan fingerprint density at radius 2 is 1.59 bits per heavy atom. The molecule has 2 unspecified atom stereocenters. The molecule has 19 nitrogen and oxygen atoms in total. The van der Waals surface area contributed by atoms with E-state index < -0.39 is 37.6 Å². The first-order valence-corrected chi connectivity index (χ1v) is 36.5. The molecule has 2 bridgehead atoms. The van der Waals surface area contributed by atoms with Gasteiger partial charge in [-0.2, -0.15) is 9.97 Å². The number of hydrogen-bond donors (Lipinski definition) is 3. The zero-order chi connectivity index (χ0) is 67.1. The van der Waals surface area contributed by atoms with Gasteiger partial charge in [0.2, 0.25) is 11.8 Å². The molecule has 500 valence electrons. The van der Waals surface area contributed by atoms with Crippen molar-refractivity contribution in [2.24, 2.45) is 11.8 Å². The molecule has 3 aromatic carbocycles. The van der Waals surface area contributed by atoms with Crippen molar-refractivity contribution in [3.05, 3.63) is 101 Å². The summed E-state index contributed by atoms with van der Waals surface area (Å²) in [6.07, 6.45) is 3.74. The number of phenolic OH excluding ortho intramolecular Hbond substituents is 1. The van der Waals surface area contributed by atoms with Crippen LogP contribution in [0.3, 0.4) is 0 Å². The summed E-state index contributed by atoms with van der Waals surface area (Å²) in [7, 11) is -2.18. The van der Waals surface area contributed by atoms with Gasteiger partial charge >= 0.3 is 12.1 Å². The molecule has 4 fully saturated rings. The van der Waals surface area contributed by atoms with Gasteiger partial charge in [-0.1, -0.05) is 97.7 Å². The Bertz CT molecular complexity index is 3930. The van der Waals surface area contributed by atoms with E-state index in [1.807, 2.05) is 101 Å². The number of benzene rings is 3. The Balaban J connectivity index is 0.759. The van der Waals surface area contributed by atoms with Crippen molar-refractivity contribution in [2.45, 2.75) is 181 Å². The number of carbonyl (C=O) groups is 3. The number of aliphatic hydroxyl groups excluding tert-OH is 1. The molecule has 94 heavy (non-hydrogen) atoms. The second-order valence-corrected chi connectivity index (χ2v) is 34.9. The Hall–Kier alpha value is -7.71. The number of nitrogens with one attached hydrogen (secondary N) is 1. The summed E-state index contributed by atoms with van der Waals surface area (Å²) in [5, 5.41) is 31.2. The van der Waals surface area contributed by atoms with Crippen molar-refractivity contribution in [1.29, 1.82) is 0 Å². The first-order valence-electron chi connectivity index (χ1n) is 33.4. The van der Waals surface area contributed by atoms with E-state index in [0.29, 0.717) is 76.2 Å². The number of aromatic nitrogens is 5. The van der Waals surface area contributed by atoms with Gasteiger partial charge in [-0.05, 0) is 142 Å². The number of piperidine rings is 1. The summed E-state index contributed by atoms with van der Waals surface area (Å²) < 4.78 is 42.3. The largest absolute Gasteiger partial charge is 0.508 e. The van der Waals surface area contributed by atoms with Crippen LogP contribution in [0.15, 0.2) is 76.9 Å². The summed E-state index contributed by atoms with van der Waals surface area (Å²) in [6, 6.07) is 17.2. The molecule has 3 N–H and O–H groups in total. The molecule has 4 aliphatic heterocycles. The quantitative estimate of drug-likeness (QED) is 0.0506. The number of aliphatic hydroxyl groups is 1. The second-order valence-electron chi connectivity index (χ2n) is 28.5. The molecule has 4 saturated heterocycles. The number of fused-ring (bicyclic) bond motifs is 4. The molecule has 3 amide bonds. The number of carbonyl (C=O) groups excluding carboxylic acids is 3. The van der Waals surface area contributed by atoms with Gasteiger partial charge < -0.3 is 44.1 Å². The number of rotatable bonds is 19. The zero-order valence-electron chi connectivity index (χ0n) is 56.5. The molecule has 0 aliphatic carbocycles. The van der Waals surface area contributed by atoms with Crippen molar-refractivity contribution in [1.82, 2.24) is 45.1 Å². The van der Waals surface area contributed by atoms with Crippen LogP contribution < -0.4 is 19.7 Å². The molecule has 0 radical (unpaired) electrons. The number of ether oxygens (including phenoxy) is 3. The number of piperazine rings is 1. The molecule has 11 rings (SSSR count). The van der Waals surface area contributed by atoms with Crippen molar-refractivity contribution in [3.8, 4) is 50.8 Å². The van der Waals surface area contributed by atoms with Gasteiger partial charge in [0.25, 0.3) is 5.88 Å². The maximum atomic E-state index is 17.9. The van der Waals surface area contributed by atoms with E-state index in [0.717, 1.165) is 66.0 Å². The fourth-order valence-corrected chi connectivity index (χ4v) is 21.0. The highest BCUT2D eigenvalue weighted by Gasteiger charge is 2.47. The van der Waals surface area contributed by atoms with Crippen LogP contribution in [0.2, 0.25) is 16.6 Å². The Morgan fingerprint density at radius 1 is 0.883 bits per heavy atom.